The molecule has 0 unspecified atom stereocenters. The van der Waals surface area contributed by atoms with E-state index in [1.807, 2.05) is 43.3 Å². The first kappa shape index (κ1) is 22.5. The van der Waals surface area contributed by atoms with Crippen LogP contribution in [-0.4, -0.2) is 49.5 Å². The number of hydrogen-bond acceptors (Lipinski definition) is 5. The van der Waals surface area contributed by atoms with E-state index in [1.165, 1.54) is 5.56 Å². The zero-order chi connectivity index (χ0) is 23.3. The second kappa shape index (κ2) is 10.3. The van der Waals surface area contributed by atoms with E-state index in [1.54, 1.807) is 0 Å². The number of amides is 2. The molecule has 3 aromatic rings. The SMILES string of the molecule is Cc1ccc(NC(=O)NC2CCC(Oc3nc(N4CCOCC4)cc4ccccc34)CC2)cc1. The molecular weight excluding hydrogens is 428 g/mol. The zero-order valence-corrected chi connectivity index (χ0v) is 19.6. The molecule has 1 saturated carbocycles. The summed E-state index contributed by atoms with van der Waals surface area (Å²) in [6.07, 6.45) is 3.62. The predicted molar refractivity (Wildman–Crippen MR) is 135 cm³/mol. The van der Waals surface area contributed by atoms with Gasteiger partial charge in [-0.2, -0.15) is 4.98 Å². The van der Waals surface area contributed by atoms with E-state index in [9.17, 15) is 4.79 Å². The lowest BCUT2D eigenvalue weighted by Gasteiger charge is -2.31. The molecule has 7 nitrogen and oxygen atoms in total. The van der Waals surface area contributed by atoms with Gasteiger partial charge < -0.3 is 25.0 Å². The van der Waals surface area contributed by atoms with E-state index < -0.39 is 0 Å². The molecule has 7 heteroatoms. The van der Waals surface area contributed by atoms with Crippen molar-refractivity contribution < 1.29 is 14.3 Å². The lowest BCUT2D eigenvalue weighted by molar-refractivity contribution is 0.121. The number of carbonyl (C=O) groups excluding carboxylic acids is 1. The Labute approximate surface area is 200 Å². The minimum absolute atomic E-state index is 0.0917. The number of benzene rings is 2. The molecule has 1 aromatic heterocycles. The summed E-state index contributed by atoms with van der Waals surface area (Å²) in [6, 6.07) is 18.2. The van der Waals surface area contributed by atoms with Crippen molar-refractivity contribution in [2.45, 2.75) is 44.8 Å². The molecule has 2 aliphatic rings. The number of nitrogens with one attached hydrogen (secondary N) is 2. The standard InChI is InChI=1S/C27H32N4O3/c1-19-6-8-21(9-7-19)28-27(32)29-22-10-12-23(13-11-22)34-26-24-5-3-2-4-20(24)18-25(30-26)31-14-16-33-17-15-31/h2-9,18,22-23H,10-17H2,1H3,(H2,28,29,32). The molecule has 2 fully saturated rings. The minimum atomic E-state index is -0.154. The lowest BCUT2D eigenvalue weighted by atomic mass is 9.93. The van der Waals surface area contributed by atoms with Crippen molar-refractivity contribution in [2.75, 3.05) is 36.5 Å². The molecule has 0 atom stereocenters. The van der Waals surface area contributed by atoms with Crippen molar-refractivity contribution in [1.82, 2.24) is 10.3 Å². The van der Waals surface area contributed by atoms with Gasteiger partial charge in [0.1, 0.15) is 11.9 Å². The van der Waals surface area contributed by atoms with Crippen LogP contribution in [0.15, 0.2) is 54.6 Å². The van der Waals surface area contributed by atoms with Crippen LogP contribution >= 0.6 is 0 Å². The number of carbonyl (C=O) groups is 1. The molecule has 2 aromatic carbocycles. The Bertz CT molecular complexity index is 1120. The number of morpholine rings is 1. The van der Waals surface area contributed by atoms with Gasteiger partial charge in [0, 0.05) is 30.2 Å². The number of hydrogen-bond donors (Lipinski definition) is 2. The monoisotopic (exact) mass is 460 g/mol. The molecule has 5 rings (SSSR count). The number of pyridine rings is 1. The van der Waals surface area contributed by atoms with Gasteiger partial charge in [0.25, 0.3) is 0 Å². The maximum Gasteiger partial charge on any atom is 0.319 e. The third-order valence-corrected chi connectivity index (χ3v) is 6.62. The topological polar surface area (TPSA) is 75.7 Å². The summed E-state index contributed by atoms with van der Waals surface area (Å²) in [7, 11) is 0. The maximum atomic E-state index is 12.4. The zero-order valence-electron chi connectivity index (χ0n) is 19.6. The van der Waals surface area contributed by atoms with Crippen LogP contribution in [-0.2, 0) is 4.74 Å². The van der Waals surface area contributed by atoms with Crippen molar-refractivity contribution in [3.8, 4) is 5.88 Å². The van der Waals surface area contributed by atoms with Gasteiger partial charge >= 0.3 is 6.03 Å². The highest BCUT2D eigenvalue weighted by Crippen LogP contribution is 2.31. The van der Waals surface area contributed by atoms with Crippen molar-refractivity contribution in [3.63, 3.8) is 0 Å². The second-order valence-electron chi connectivity index (χ2n) is 9.16. The molecule has 0 spiro atoms. The fourth-order valence-electron chi connectivity index (χ4n) is 4.67. The smallest absolute Gasteiger partial charge is 0.319 e. The molecule has 178 valence electrons. The highest BCUT2D eigenvalue weighted by molar-refractivity contribution is 5.90. The van der Waals surface area contributed by atoms with E-state index in [0.717, 1.165) is 74.3 Å². The molecular formula is C27H32N4O3. The maximum absolute atomic E-state index is 12.4. The van der Waals surface area contributed by atoms with E-state index >= 15 is 0 Å². The van der Waals surface area contributed by atoms with Crippen LogP contribution in [0.25, 0.3) is 10.8 Å². The first-order chi connectivity index (χ1) is 16.6. The highest BCUT2D eigenvalue weighted by atomic mass is 16.5. The number of ether oxygens (including phenoxy) is 2. The van der Waals surface area contributed by atoms with Crippen LogP contribution in [0, 0.1) is 6.92 Å². The summed E-state index contributed by atoms with van der Waals surface area (Å²) >= 11 is 0. The molecule has 0 radical (unpaired) electrons. The van der Waals surface area contributed by atoms with E-state index in [4.69, 9.17) is 14.5 Å². The van der Waals surface area contributed by atoms with Gasteiger partial charge in [0.15, 0.2) is 0 Å². The van der Waals surface area contributed by atoms with E-state index in [0.29, 0.717) is 5.88 Å². The van der Waals surface area contributed by atoms with Crippen molar-refractivity contribution >= 4 is 28.3 Å². The Morgan fingerprint density at radius 3 is 2.53 bits per heavy atom. The molecule has 1 aliphatic carbocycles. The minimum Gasteiger partial charge on any atom is -0.474 e. The Morgan fingerprint density at radius 1 is 1.03 bits per heavy atom. The average Bonchev–Trinajstić information content (AvgIpc) is 2.87. The van der Waals surface area contributed by atoms with Crippen LogP contribution in [0.1, 0.15) is 31.2 Å². The number of nitrogens with zero attached hydrogens (tertiary/aromatic N) is 2. The molecule has 2 amide bonds. The molecule has 0 bridgehead atoms. The highest BCUT2D eigenvalue weighted by Gasteiger charge is 2.25. The quantitative estimate of drug-likeness (QED) is 0.567. The fourth-order valence-corrected chi connectivity index (χ4v) is 4.67. The van der Waals surface area contributed by atoms with Gasteiger partial charge in [0.2, 0.25) is 5.88 Å². The predicted octanol–water partition coefficient (Wildman–Crippen LogP) is 4.89. The first-order valence-electron chi connectivity index (χ1n) is 12.2. The van der Waals surface area contributed by atoms with Gasteiger partial charge in [-0.05, 0) is 62.3 Å². The van der Waals surface area contributed by atoms with E-state index in [-0.39, 0.29) is 18.2 Å². The summed E-state index contributed by atoms with van der Waals surface area (Å²) in [5.41, 5.74) is 1.97. The van der Waals surface area contributed by atoms with Gasteiger partial charge in [-0.3, -0.25) is 0 Å². The summed E-state index contributed by atoms with van der Waals surface area (Å²) in [6.45, 7) is 5.15. The third-order valence-electron chi connectivity index (χ3n) is 6.62. The van der Waals surface area contributed by atoms with Crippen LogP contribution in [0.3, 0.4) is 0 Å². The van der Waals surface area contributed by atoms with Crippen LogP contribution < -0.4 is 20.3 Å². The number of fused-ring (bicyclic) bond motifs is 1. The first-order valence-corrected chi connectivity index (χ1v) is 12.2. The number of rotatable bonds is 5. The summed E-state index contributed by atoms with van der Waals surface area (Å²) in [5, 5.41) is 8.20. The van der Waals surface area contributed by atoms with Crippen molar-refractivity contribution in [1.29, 1.82) is 0 Å². The second-order valence-corrected chi connectivity index (χ2v) is 9.16. The molecule has 2 N–H and O–H groups in total. The van der Waals surface area contributed by atoms with Crippen LogP contribution in [0.5, 0.6) is 5.88 Å². The van der Waals surface area contributed by atoms with Crippen molar-refractivity contribution in [3.05, 3.63) is 60.2 Å². The van der Waals surface area contributed by atoms with Gasteiger partial charge in [-0.25, -0.2) is 4.79 Å². The van der Waals surface area contributed by atoms with Gasteiger partial charge in [-0.1, -0.05) is 35.9 Å². The van der Waals surface area contributed by atoms with Crippen LogP contribution in [0.4, 0.5) is 16.3 Å². The Kier molecular flexibility index (Phi) is 6.81. The Hall–Kier alpha value is -3.32. The van der Waals surface area contributed by atoms with Gasteiger partial charge in [-0.15, -0.1) is 0 Å². The fraction of sp³-hybridized carbons (Fsp3) is 0.407. The summed E-state index contributed by atoms with van der Waals surface area (Å²) < 4.78 is 12.0. The number of aromatic nitrogens is 1. The number of anilines is 2. The van der Waals surface area contributed by atoms with Crippen molar-refractivity contribution in [2.24, 2.45) is 0 Å². The summed E-state index contributed by atoms with van der Waals surface area (Å²) in [5.74, 6) is 1.65. The average molecular weight is 461 g/mol. The number of aryl methyl sites for hydroxylation is 1. The number of urea groups is 1. The summed E-state index contributed by atoms with van der Waals surface area (Å²) in [4.78, 5) is 19.6. The molecule has 2 heterocycles. The largest absolute Gasteiger partial charge is 0.474 e. The molecule has 34 heavy (non-hydrogen) atoms. The molecule has 1 saturated heterocycles. The van der Waals surface area contributed by atoms with Gasteiger partial charge in [0.05, 0.1) is 13.2 Å². The van der Waals surface area contributed by atoms with Crippen LogP contribution in [0.2, 0.25) is 0 Å². The van der Waals surface area contributed by atoms with E-state index in [2.05, 4.69) is 33.7 Å². The Morgan fingerprint density at radius 2 is 1.76 bits per heavy atom. The lowest BCUT2D eigenvalue weighted by Crippen LogP contribution is -2.41. The third kappa shape index (κ3) is 5.42. The normalized spacial score (nSPS) is 20.7. The molecule has 1 aliphatic heterocycles. The Balaban J connectivity index is 1.20.